The molecule has 0 atom stereocenters. The molecule has 3 aromatic carbocycles. The van der Waals surface area contributed by atoms with E-state index < -0.39 is 52.3 Å². The summed E-state index contributed by atoms with van der Waals surface area (Å²) in [4.78, 5) is 0. The van der Waals surface area contributed by atoms with Crippen molar-refractivity contribution >= 4 is 0 Å². The van der Waals surface area contributed by atoms with Crippen LogP contribution >= 0.6 is 0 Å². The summed E-state index contributed by atoms with van der Waals surface area (Å²) in [5, 5.41) is 0. The Morgan fingerprint density at radius 3 is 1.82 bits per heavy atom. The first-order valence-electron chi connectivity index (χ1n) is 10.1. The second-order valence-electron chi connectivity index (χ2n) is 7.86. The molecule has 1 aliphatic carbocycles. The molecule has 1 aliphatic rings. The summed E-state index contributed by atoms with van der Waals surface area (Å²) in [7, 11) is 0. The van der Waals surface area contributed by atoms with Crippen LogP contribution in [0.4, 0.5) is 35.1 Å². The van der Waals surface area contributed by atoms with E-state index in [2.05, 4.69) is 4.74 Å². The first kappa shape index (κ1) is 23.1. The third kappa shape index (κ3) is 4.54. The molecule has 0 aliphatic heterocycles. The summed E-state index contributed by atoms with van der Waals surface area (Å²) >= 11 is 0. The molecule has 0 radical (unpaired) electrons. The zero-order valence-corrected chi connectivity index (χ0v) is 16.9. The van der Waals surface area contributed by atoms with Crippen LogP contribution in [0.25, 0.3) is 11.1 Å². The molecule has 4 rings (SSSR count). The normalized spacial score (nSPS) is 14.7. The Kier molecular flexibility index (Phi) is 6.07. The largest absolute Gasteiger partial charge is 0.432 e. The van der Waals surface area contributed by atoms with Gasteiger partial charge >= 0.3 is 6.11 Å². The van der Waals surface area contributed by atoms with Gasteiger partial charge in [-0.05, 0) is 48.1 Å². The fourth-order valence-corrected chi connectivity index (χ4v) is 4.08. The molecule has 0 heterocycles. The molecule has 9 heteroatoms. The van der Waals surface area contributed by atoms with Gasteiger partial charge in [-0.25, -0.2) is 26.3 Å². The number of hydrogen-bond acceptors (Lipinski definition) is 1. The molecule has 0 aromatic heterocycles. The third-order valence-corrected chi connectivity index (χ3v) is 5.67. The quantitative estimate of drug-likeness (QED) is 0.270. The number of ether oxygens (including phenoxy) is 1. The lowest BCUT2D eigenvalue weighted by molar-refractivity contribution is -0.189. The average molecular weight is 472 g/mol. The van der Waals surface area contributed by atoms with Crippen molar-refractivity contribution in [2.45, 2.75) is 37.7 Å². The van der Waals surface area contributed by atoms with Gasteiger partial charge in [-0.2, -0.15) is 8.78 Å². The van der Waals surface area contributed by atoms with Crippen molar-refractivity contribution in [2.75, 3.05) is 0 Å². The molecule has 174 valence electrons. The van der Waals surface area contributed by atoms with Gasteiger partial charge in [-0.1, -0.05) is 25.0 Å². The van der Waals surface area contributed by atoms with E-state index in [0.29, 0.717) is 12.1 Å². The van der Waals surface area contributed by atoms with Gasteiger partial charge in [0.1, 0.15) is 28.8 Å². The van der Waals surface area contributed by atoms with Crippen LogP contribution < -0.4 is 4.74 Å². The Bertz CT molecular complexity index is 1160. The van der Waals surface area contributed by atoms with Crippen LogP contribution in [-0.2, 0) is 6.11 Å². The highest BCUT2D eigenvalue weighted by Crippen LogP contribution is 2.39. The molecule has 0 amide bonds. The van der Waals surface area contributed by atoms with Crippen LogP contribution in [0.15, 0.2) is 42.5 Å². The highest BCUT2D eigenvalue weighted by Gasteiger charge is 2.41. The van der Waals surface area contributed by atoms with Crippen LogP contribution in [0.1, 0.15) is 42.7 Å². The van der Waals surface area contributed by atoms with Crippen molar-refractivity contribution in [3.8, 4) is 16.9 Å². The Balaban J connectivity index is 1.66. The van der Waals surface area contributed by atoms with Gasteiger partial charge in [0.2, 0.25) is 0 Å². The Morgan fingerprint density at radius 2 is 1.27 bits per heavy atom. The van der Waals surface area contributed by atoms with E-state index in [-0.39, 0.29) is 29.2 Å². The summed E-state index contributed by atoms with van der Waals surface area (Å²) in [5.74, 6) is -10.9. The van der Waals surface area contributed by atoms with Gasteiger partial charge in [0.25, 0.3) is 0 Å². The molecule has 0 saturated heterocycles. The van der Waals surface area contributed by atoms with Crippen molar-refractivity contribution in [3.05, 3.63) is 88.5 Å². The van der Waals surface area contributed by atoms with E-state index in [4.69, 9.17) is 0 Å². The Hall–Kier alpha value is -3.10. The van der Waals surface area contributed by atoms with Crippen LogP contribution in [-0.4, -0.2) is 0 Å². The molecule has 3 aromatic rings. The highest BCUT2D eigenvalue weighted by molar-refractivity contribution is 5.65. The maximum absolute atomic E-state index is 14.7. The molecule has 0 bridgehead atoms. The molecular formula is C24H16F8O. The minimum atomic E-state index is -4.71. The van der Waals surface area contributed by atoms with Gasteiger partial charge in [-0.15, -0.1) is 0 Å². The highest BCUT2D eigenvalue weighted by atomic mass is 19.3. The zero-order chi connectivity index (χ0) is 23.9. The topological polar surface area (TPSA) is 9.23 Å². The van der Waals surface area contributed by atoms with E-state index in [1.807, 2.05) is 0 Å². The average Bonchev–Trinajstić information content (AvgIpc) is 3.25. The molecule has 33 heavy (non-hydrogen) atoms. The van der Waals surface area contributed by atoms with Crippen molar-refractivity contribution < 1.29 is 39.9 Å². The van der Waals surface area contributed by atoms with Crippen molar-refractivity contribution in [3.63, 3.8) is 0 Å². The van der Waals surface area contributed by atoms with Crippen molar-refractivity contribution in [1.29, 1.82) is 0 Å². The maximum Gasteiger partial charge on any atom is 0.432 e. The first-order valence-corrected chi connectivity index (χ1v) is 10.1. The number of halogens is 8. The SMILES string of the molecule is Fc1cc(C2CCCC2)ccc1-c1cc(F)c(C(F)(F)Oc2cc(F)c(F)c(F)c2)c(F)c1. The first-order chi connectivity index (χ1) is 15.6. The summed E-state index contributed by atoms with van der Waals surface area (Å²) in [6.07, 6.45) is -0.839. The second kappa shape index (κ2) is 8.68. The van der Waals surface area contributed by atoms with Crippen molar-refractivity contribution in [1.82, 2.24) is 0 Å². The smallest absolute Gasteiger partial charge is 0.429 e. The Morgan fingerprint density at radius 1 is 0.697 bits per heavy atom. The lowest BCUT2D eigenvalue weighted by Gasteiger charge is -2.20. The molecule has 0 N–H and O–H groups in total. The number of alkyl halides is 2. The molecule has 0 spiro atoms. The van der Waals surface area contributed by atoms with E-state index >= 15 is 0 Å². The maximum atomic E-state index is 14.7. The van der Waals surface area contributed by atoms with Gasteiger partial charge in [-0.3, -0.25) is 0 Å². The predicted octanol–water partition coefficient (Wildman–Crippen LogP) is 7.97. The van der Waals surface area contributed by atoms with Gasteiger partial charge < -0.3 is 4.74 Å². The van der Waals surface area contributed by atoms with Crippen LogP contribution in [0, 0.1) is 34.9 Å². The fraction of sp³-hybridized carbons (Fsp3) is 0.250. The molecule has 1 fully saturated rings. The molecule has 1 nitrogen and oxygen atoms in total. The Labute approximate surface area is 183 Å². The summed E-state index contributed by atoms with van der Waals surface area (Å²) in [5.41, 5.74) is -1.60. The third-order valence-electron chi connectivity index (χ3n) is 5.67. The van der Waals surface area contributed by atoms with Crippen molar-refractivity contribution in [2.24, 2.45) is 0 Å². The van der Waals surface area contributed by atoms with Gasteiger partial charge in [0.15, 0.2) is 17.5 Å². The van der Waals surface area contributed by atoms with E-state index in [9.17, 15) is 35.1 Å². The van der Waals surface area contributed by atoms with Crippen LogP contribution in [0.2, 0.25) is 0 Å². The predicted molar refractivity (Wildman–Crippen MR) is 104 cm³/mol. The van der Waals surface area contributed by atoms with Crippen LogP contribution in [0.3, 0.4) is 0 Å². The van der Waals surface area contributed by atoms with Gasteiger partial charge in [0.05, 0.1) is 0 Å². The van der Waals surface area contributed by atoms with Crippen LogP contribution in [0.5, 0.6) is 5.75 Å². The summed E-state index contributed by atoms with van der Waals surface area (Å²) in [6, 6.07) is 5.47. The lowest BCUT2D eigenvalue weighted by atomic mass is 9.94. The minimum Gasteiger partial charge on any atom is -0.429 e. The monoisotopic (exact) mass is 472 g/mol. The zero-order valence-electron chi connectivity index (χ0n) is 16.9. The summed E-state index contributed by atoms with van der Waals surface area (Å²) in [6.45, 7) is 0. The van der Waals surface area contributed by atoms with E-state index in [1.54, 1.807) is 6.07 Å². The number of benzene rings is 3. The lowest BCUT2D eigenvalue weighted by Crippen LogP contribution is -2.25. The van der Waals surface area contributed by atoms with Gasteiger partial charge in [0, 0.05) is 17.7 Å². The fourth-order valence-electron chi connectivity index (χ4n) is 4.08. The molecule has 1 saturated carbocycles. The standard InChI is InChI=1S/C24H16F8O/c25-17-7-13(12-3-1-2-4-12)5-6-16(17)14-8-18(26)22(19(27)9-14)24(31,32)33-15-10-20(28)23(30)21(29)11-15/h5-12H,1-4H2. The number of hydrogen-bond donors (Lipinski definition) is 0. The second-order valence-corrected chi connectivity index (χ2v) is 7.86. The summed E-state index contributed by atoms with van der Waals surface area (Å²) < 4.78 is 116. The van der Waals surface area contributed by atoms with E-state index in [1.165, 1.54) is 12.1 Å². The molecular weight excluding hydrogens is 456 g/mol. The minimum absolute atomic E-state index is 0.109. The van der Waals surface area contributed by atoms with E-state index in [0.717, 1.165) is 31.2 Å². The number of rotatable bonds is 5. The molecule has 0 unspecified atom stereocenters.